The van der Waals surface area contributed by atoms with E-state index in [0.717, 1.165) is 11.3 Å². The number of rotatable bonds is 0. The minimum atomic E-state index is 0.894. The van der Waals surface area contributed by atoms with Crippen molar-refractivity contribution < 1.29 is 4.42 Å². The van der Waals surface area contributed by atoms with E-state index in [9.17, 15) is 0 Å². The molecule has 0 atom stereocenters. The van der Waals surface area contributed by atoms with Crippen LogP contribution in [0.25, 0.3) is 11.3 Å². The second-order valence-corrected chi connectivity index (χ2v) is 1.85. The number of fused-ring (bicyclic) bond motifs is 1. The van der Waals surface area contributed by atoms with Crippen molar-refractivity contribution in [1.29, 1.82) is 0 Å². The quantitative estimate of drug-likeness (QED) is 0.528. The van der Waals surface area contributed by atoms with E-state index in [-0.39, 0.29) is 0 Å². The van der Waals surface area contributed by atoms with Gasteiger partial charge in [-0.2, -0.15) is 0 Å². The summed E-state index contributed by atoms with van der Waals surface area (Å²) in [5.41, 5.74) is 1.05. The van der Waals surface area contributed by atoms with Gasteiger partial charge in [-0.15, -0.1) is 0 Å². The molecular formula is C7H5NO. The van der Waals surface area contributed by atoms with Crippen LogP contribution in [0.2, 0.25) is 0 Å². The van der Waals surface area contributed by atoms with Crippen molar-refractivity contribution in [2.45, 2.75) is 0 Å². The Hall–Kier alpha value is -1.31. The summed E-state index contributed by atoms with van der Waals surface area (Å²) >= 11 is 0. The Balaban J connectivity index is 2.79. The fraction of sp³-hybridized carbons (Fsp3) is 0. The van der Waals surface area contributed by atoms with Gasteiger partial charge in [0.1, 0.15) is 5.76 Å². The number of hydrogen-bond acceptors (Lipinski definition) is 2. The number of hydrogen-bond donors (Lipinski definition) is 0. The zero-order valence-corrected chi connectivity index (χ0v) is 4.74. The molecule has 0 bridgehead atoms. The Morgan fingerprint density at radius 1 is 1.33 bits per heavy atom. The predicted octanol–water partition coefficient (Wildman–Crippen LogP) is 1.78. The van der Waals surface area contributed by atoms with Gasteiger partial charge in [0.15, 0.2) is 6.39 Å². The molecule has 1 aliphatic carbocycles. The number of aromatic nitrogens is 1. The summed E-state index contributed by atoms with van der Waals surface area (Å²) in [4.78, 5) is 3.82. The standard InChI is InChI=1S/C7H5NO/c1-2-6-4-8-5-9-7(6)3-1/h1-5H. The van der Waals surface area contributed by atoms with Crippen molar-refractivity contribution in [1.82, 2.24) is 4.98 Å². The summed E-state index contributed by atoms with van der Waals surface area (Å²) in [6, 6.07) is 5.82. The van der Waals surface area contributed by atoms with Gasteiger partial charge in [0.05, 0.1) is 0 Å². The van der Waals surface area contributed by atoms with Gasteiger partial charge in [0.2, 0.25) is 0 Å². The van der Waals surface area contributed by atoms with Crippen LogP contribution < -0.4 is 0 Å². The summed E-state index contributed by atoms with van der Waals surface area (Å²) in [7, 11) is 0. The Labute approximate surface area is 52.5 Å². The first-order valence-electron chi connectivity index (χ1n) is 2.74. The first-order valence-corrected chi connectivity index (χ1v) is 2.74. The van der Waals surface area contributed by atoms with Crippen molar-refractivity contribution >= 4 is 0 Å². The smallest absolute Gasteiger partial charge is 0.181 e. The Morgan fingerprint density at radius 3 is 3.22 bits per heavy atom. The summed E-state index contributed by atoms with van der Waals surface area (Å²) in [6.07, 6.45) is 3.21. The zero-order chi connectivity index (χ0) is 6.10. The Bertz CT molecular complexity index is 249. The zero-order valence-electron chi connectivity index (χ0n) is 4.74. The molecule has 0 aromatic carbocycles. The topological polar surface area (TPSA) is 26.0 Å². The van der Waals surface area contributed by atoms with Crippen LogP contribution in [-0.2, 0) is 0 Å². The predicted molar refractivity (Wildman–Crippen MR) is 33.1 cm³/mol. The molecular weight excluding hydrogens is 114 g/mol. The van der Waals surface area contributed by atoms with Crippen molar-refractivity contribution in [2.75, 3.05) is 0 Å². The third-order valence-electron chi connectivity index (χ3n) is 1.26. The highest BCUT2D eigenvalue weighted by molar-refractivity contribution is 5.57. The van der Waals surface area contributed by atoms with E-state index in [4.69, 9.17) is 4.42 Å². The van der Waals surface area contributed by atoms with Crippen molar-refractivity contribution in [3.05, 3.63) is 30.8 Å². The van der Waals surface area contributed by atoms with E-state index >= 15 is 0 Å². The van der Waals surface area contributed by atoms with Gasteiger partial charge in [0.25, 0.3) is 0 Å². The highest BCUT2D eigenvalue weighted by atomic mass is 16.3. The minimum Gasteiger partial charge on any atom is -0.445 e. The molecule has 2 nitrogen and oxygen atoms in total. The van der Waals surface area contributed by atoms with Crippen LogP contribution in [0.5, 0.6) is 0 Å². The highest BCUT2D eigenvalue weighted by Crippen LogP contribution is 2.19. The molecule has 0 unspecified atom stereocenters. The summed E-state index contributed by atoms with van der Waals surface area (Å²) in [6.45, 7) is 0. The van der Waals surface area contributed by atoms with Gasteiger partial charge in [-0.3, -0.25) is 0 Å². The summed E-state index contributed by atoms with van der Waals surface area (Å²) < 4.78 is 5.04. The average Bonchev–Trinajstić information content (AvgIpc) is 2.33. The molecule has 0 saturated carbocycles. The molecule has 0 saturated heterocycles. The highest BCUT2D eigenvalue weighted by Gasteiger charge is 1.99. The van der Waals surface area contributed by atoms with Crippen LogP contribution in [-0.4, -0.2) is 4.98 Å². The second kappa shape index (κ2) is 1.58. The maximum Gasteiger partial charge on any atom is 0.181 e. The van der Waals surface area contributed by atoms with E-state index in [0.29, 0.717) is 0 Å². The third kappa shape index (κ3) is 0.598. The molecule has 1 aliphatic heterocycles. The van der Waals surface area contributed by atoms with E-state index < -0.39 is 0 Å². The van der Waals surface area contributed by atoms with E-state index in [1.165, 1.54) is 6.39 Å². The van der Waals surface area contributed by atoms with Gasteiger partial charge >= 0.3 is 0 Å². The molecule has 0 amide bonds. The summed E-state index contributed by atoms with van der Waals surface area (Å²) in [5.74, 6) is 0.894. The van der Waals surface area contributed by atoms with Crippen LogP contribution in [0.1, 0.15) is 0 Å². The fourth-order valence-corrected chi connectivity index (χ4v) is 0.829. The fourth-order valence-electron chi connectivity index (χ4n) is 0.829. The number of nitrogens with zero attached hydrogens (tertiary/aromatic N) is 1. The molecule has 2 rings (SSSR count). The molecule has 44 valence electrons. The molecule has 0 fully saturated rings. The Kier molecular flexibility index (Phi) is 0.803. The van der Waals surface area contributed by atoms with Crippen LogP contribution in [0.3, 0.4) is 0 Å². The van der Waals surface area contributed by atoms with Crippen molar-refractivity contribution in [3.63, 3.8) is 0 Å². The summed E-state index contributed by atoms with van der Waals surface area (Å²) in [5, 5.41) is 0. The van der Waals surface area contributed by atoms with Gasteiger partial charge in [-0.1, -0.05) is 6.07 Å². The maximum absolute atomic E-state index is 5.04. The normalized spacial score (nSPS) is 10.2. The molecule has 0 radical (unpaired) electrons. The molecule has 2 aliphatic rings. The average molecular weight is 119 g/mol. The second-order valence-electron chi connectivity index (χ2n) is 1.85. The van der Waals surface area contributed by atoms with E-state index in [1.807, 2.05) is 18.2 Å². The molecule has 1 heterocycles. The third-order valence-corrected chi connectivity index (χ3v) is 1.26. The lowest BCUT2D eigenvalue weighted by Crippen LogP contribution is -1.72. The lowest BCUT2D eigenvalue weighted by atomic mass is 10.3. The maximum atomic E-state index is 5.04. The Morgan fingerprint density at radius 2 is 2.33 bits per heavy atom. The molecule has 0 aromatic heterocycles. The van der Waals surface area contributed by atoms with E-state index in [1.54, 1.807) is 6.20 Å². The van der Waals surface area contributed by atoms with Crippen molar-refractivity contribution in [2.24, 2.45) is 0 Å². The lowest BCUT2D eigenvalue weighted by molar-refractivity contribution is 0.543. The molecule has 0 N–H and O–H groups in total. The molecule has 9 heavy (non-hydrogen) atoms. The molecule has 0 aromatic rings. The first kappa shape index (κ1) is 4.56. The van der Waals surface area contributed by atoms with E-state index in [2.05, 4.69) is 4.98 Å². The van der Waals surface area contributed by atoms with Gasteiger partial charge in [0, 0.05) is 11.8 Å². The molecule has 2 heteroatoms. The van der Waals surface area contributed by atoms with Gasteiger partial charge < -0.3 is 4.42 Å². The lowest BCUT2D eigenvalue weighted by Gasteiger charge is -1.91. The van der Waals surface area contributed by atoms with Crippen LogP contribution in [0.15, 0.2) is 35.2 Å². The van der Waals surface area contributed by atoms with Crippen LogP contribution in [0.4, 0.5) is 0 Å². The van der Waals surface area contributed by atoms with Gasteiger partial charge in [-0.25, -0.2) is 4.98 Å². The first-order chi connectivity index (χ1) is 4.47. The largest absolute Gasteiger partial charge is 0.445 e. The molecule has 0 spiro atoms. The van der Waals surface area contributed by atoms with Crippen molar-refractivity contribution in [3.8, 4) is 11.3 Å². The van der Waals surface area contributed by atoms with Crippen LogP contribution in [0, 0.1) is 0 Å². The minimum absolute atomic E-state index is 0.894. The SMILES string of the molecule is c1cc2cncoc-2c1. The van der Waals surface area contributed by atoms with Gasteiger partial charge in [-0.05, 0) is 12.1 Å². The van der Waals surface area contributed by atoms with Crippen LogP contribution >= 0.6 is 0 Å². The monoisotopic (exact) mass is 119 g/mol.